The van der Waals surface area contributed by atoms with Gasteiger partial charge in [-0.2, -0.15) is 0 Å². The highest BCUT2D eigenvalue weighted by Gasteiger charge is 2.60. The van der Waals surface area contributed by atoms with Crippen molar-refractivity contribution in [2.45, 2.75) is 56.2 Å². The standard InChI is InChI=1S/C17H27N3O6S/c1-7-13-12(8(2)21)15(23)20(13)16(26-17(24)25)14(7)27-11-4-9(19-6-11)3-10(22)5-18/h7-13,19,21-22H,3-6,18H2,1-2H3,(H,24,25)/t7-,8-,9-,10?,11+,12-,13+/m1/s1. The van der Waals surface area contributed by atoms with Gasteiger partial charge >= 0.3 is 6.16 Å². The van der Waals surface area contributed by atoms with Crippen LogP contribution in [0.5, 0.6) is 0 Å². The van der Waals surface area contributed by atoms with E-state index in [1.54, 1.807) is 6.92 Å². The molecule has 0 saturated carbocycles. The summed E-state index contributed by atoms with van der Waals surface area (Å²) in [7, 11) is 0. The molecule has 7 atom stereocenters. The summed E-state index contributed by atoms with van der Waals surface area (Å²) in [5.74, 6) is -0.880. The van der Waals surface area contributed by atoms with Crippen molar-refractivity contribution in [2.24, 2.45) is 17.6 Å². The molecule has 27 heavy (non-hydrogen) atoms. The Kier molecular flexibility index (Phi) is 6.02. The smallest absolute Gasteiger partial charge is 0.449 e. The molecule has 1 amide bonds. The zero-order chi connectivity index (χ0) is 19.9. The van der Waals surface area contributed by atoms with Crippen molar-refractivity contribution >= 4 is 23.8 Å². The summed E-state index contributed by atoms with van der Waals surface area (Å²) in [5.41, 5.74) is 5.47. The lowest BCUT2D eigenvalue weighted by Gasteiger charge is -2.45. The van der Waals surface area contributed by atoms with Crippen molar-refractivity contribution in [3.8, 4) is 0 Å². The molecule has 3 rings (SSSR count). The molecule has 0 aromatic carbocycles. The quantitative estimate of drug-likeness (QED) is 0.291. The van der Waals surface area contributed by atoms with Crippen molar-refractivity contribution in [1.29, 1.82) is 0 Å². The van der Waals surface area contributed by atoms with Crippen LogP contribution in [0, 0.1) is 11.8 Å². The molecule has 0 spiro atoms. The number of thioether (sulfide) groups is 1. The molecular formula is C17H27N3O6S. The third-order valence-electron chi connectivity index (χ3n) is 5.55. The highest BCUT2D eigenvalue weighted by molar-refractivity contribution is 8.03. The van der Waals surface area contributed by atoms with Gasteiger partial charge in [0.1, 0.15) is 0 Å². The summed E-state index contributed by atoms with van der Waals surface area (Å²) in [6, 6.07) is -0.135. The van der Waals surface area contributed by atoms with Gasteiger partial charge in [-0.25, -0.2) is 4.79 Å². The minimum atomic E-state index is -1.46. The van der Waals surface area contributed by atoms with Crippen LogP contribution in [0.1, 0.15) is 26.7 Å². The van der Waals surface area contributed by atoms with Crippen molar-refractivity contribution in [3.63, 3.8) is 0 Å². The van der Waals surface area contributed by atoms with Gasteiger partial charge < -0.3 is 31.1 Å². The number of aliphatic hydroxyl groups is 2. The van der Waals surface area contributed by atoms with E-state index in [2.05, 4.69) is 5.32 Å². The number of amides is 1. The molecule has 0 radical (unpaired) electrons. The molecule has 3 aliphatic heterocycles. The van der Waals surface area contributed by atoms with Gasteiger partial charge in [0.05, 0.1) is 29.1 Å². The predicted octanol–water partition coefficient (Wildman–Crippen LogP) is -0.119. The fourth-order valence-corrected chi connectivity index (χ4v) is 5.72. The summed E-state index contributed by atoms with van der Waals surface area (Å²) in [6.45, 7) is 4.43. The topological polar surface area (TPSA) is 145 Å². The highest BCUT2D eigenvalue weighted by Crippen LogP contribution is 2.52. The minimum Gasteiger partial charge on any atom is -0.449 e. The molecule has 0 aromatic heterocycles. The molecule has 10 heteroatoms. The SMILES string of the molecule is C[C@@H](O)[C@H]1C(=O)N2C(OC(=O)O)=C(S[C@@H]3CN[C@H](CC(O)CN)C3)[C@H](C)[C@@H]12. The number of carboxylic acid groups (broad SMARTS) is 1. The number of hydrogen-bond acceptors (Lipinski definition) is 8. The van der Waals surface area contributed by atoms with Crippen molar-refractivity contribution < 1.29 is 29.6 Å². The maximum absolute atomic E-state index is 12.4. The van der Waals surface area contributed by atoms with Crippen LogP contribution >= 0.6 is 11.8 Å². The van der Waals surface area contributed by atoms with E-state index in [1.807, 2.05) is 6.92 Å². The first kappa shape index (κ1) is 20.4. The van der Waals surface area contributed by atoms with Crippen molar-refractivity contribution in [2.75, 3.05) is 13.1 Å². The molecule has 0 aliphatic carbocycles. The van der Waals surface area contributed by atoms with Gasteiger partial charge in [0, 0.05) is 30.3 Å². The maximum atomic E-state index is 12.4. The molecule has 9 nitrogen and oxygen atoms in total. The molecule has 2 saturated heterocycles. The van der Waals surface area contributed by atoms with E-state index in [0.29, 0.717) is 13.0 Å². The van der Waals surface area contributed by atoms with Crippen LogP contribution in [0.4, 0.5) is 4.79 Å². The van der Waals surface area contributed by atoms with Crippen molar-refractivity contribution in [1.82, 2.24) is 10.2 Å². The second-order valence-electron chi connectivity index (χ2n) is 7.50. The Hall–Kier alpha value is -1.33. The number of nitrogens with one attached hydrogen (secondary N) is 1. The molecule has 6 N–H and O–H groups in total. The van der Waals surface area contributed by atoms with E-state index in [0.717, 1.165) is 11.3 Å². The van der Waals surface area contributed by atoms with Crippen LogP contribution in [-0.2, 0) is 9.53 Å². The van der Waals surface area contributed by atoms with E-state index >= 15 is 0 Å². The monoisotopic (exact) mass is 401 g/mol. The van der Waals surface area contributed by atoms with Gasteiger partial charge in [-0.15, -0.1) is 11.8 Å². The fourth-order valence-electron chi connectivity index (χ4n) is 4.26. The average molecular weight is 401 g/mol. The number of carbonyl (C=O) groups excluding carboxylic acids is 1. The number of hydrogen-bond donors (Lipinski definition) is 5. The third-order valence-corrected chi connectivity index (χ3v) is 7.04. The number of β-lactam (4-membered cyclic amide) rings is 1. The number of ether oxygens (including phenoxy) is 1. The first-order valence-corrected chi connectivity index (χ1v) is 10.1. The Morgan fingerprint density at radius 1 is 1.48 bits per heavy atom. The van der Waals surface area contributed by atoms with Gasteiger partial charge in [0.25, 0.3) is 0 Å². The van der Waals surface area contributed by atoms with Crippen LogP contribution in [0.15, 0.2) is 10.8 Å². The van der Waals surface area contributed by atoms with Gasteiger partial charge in [0.15, 0.2) is 0 Å². The Balaban J connectivity index is 1.74. The predicted molar refractivity (Wildman–Crippen MR) is 98.6 cm³/mol. The third kappa shape index (κ3) is 3.81. The van der Waals surface area contributed by atoms with E-state index in [9.17, 15) is 19.8 Å². The lowest BCUT2D eigenvalue weighted by atomic mass is 9.79. The van der Waals surface area contributed by atoms with Crippen LogP contribution in [-0.4, -0.2) is 74.9 Å². The average Bonchev–Trinajstić information content (AvgIpc) is 3.10. The normalized spacial score (nSPS) is 35.1. The summed E-state index contributed by atoms with van der Waals surface area (Å²) in [6.07, 6.45) is -1.44. The molecule has 0 bridgehead atoms. The second kappa shape index (κ2) is 7.96. The summed E-state index contributed by atoms with van der Waals surface area (Å²) in [5, 5.41) is 32.3. The number of nitrogens with two attached hydrogens (primary N) is 1. The first-order chi connectivity index (χ1) is 12.7. The van der Waals surface area contributed by atoms with Gasteiger partial charge in [-0.05, 0) is 19.8 Å². The Morgan fingerprint density at radius 3 is 2.78 bits per heavy atom. The number of rotatable bonds is 7. The van der Waals surface area contributed by atoms with Crippen LogP contribution in [0.3, 0.4) is 0 Å². The van der Waals surface area contributed by atoms with E-state index in [-0.39, 0.29) is 41.6 Å². The minimum absolute atomic E-state index is 0.0809. The second-order valence-corrected chi connectivity index (χ2v) is 8.84. The van der Waals surface area contributed by atoms with Gasteiger partial charge in [-0.1, -0.05) is 6.92 Å². The lowest BCUT2D eigenvalue weighted by Crippen LogP contribution is -2.63. The van der Waals surface area contributed by atoms with Crippen LogP contribution in [0.2, 0.25) is 0 Å². The lowest BCUT2D eigenvalue weighted by molar-refractivity contribution is -0.163. The number of aliphatic hydroxyl groups excluding tert-OH is 2. The maximum Gasteiger partial charge on any atom is 0.512 e. The van der Waals surface area contributed by atoms with Gasteiger partial charge in [-0.3, -0.25) is 9.69 Å². The van der Waals surface area contributed by atoms with Crippen LogP contribution in [0.25, 0.3) is 0 Å². The van der Waals surface area contributed by atoms with Gasteiger partial charge in [0.2, 0.25) is 11.8 Å². The largest absolute Gasteiger partial charge is 0.512 e. The molecule has 0 aromatic rings. The summed E-state index contributed by atoms with van der Waals surface area (Å²) < 4.78 is 4.97. The van der Waals surface area contributed by atoms with Crippen LogP contribution < -0.4 is 11.1 Å². The van der Waals surface area contributed by atoms with E-state index in [1.165, 1.54) is 16.7 Å². The van der Waals surface area contributed by atoms with E-state index < -0.39 is 24.3 Å². The number of fused-ring (bicyclic) bond motifs is 1. The fraction of sp³-hybridized carbons (Fsp3) is 0.765. The highest BCUT2D eigenvalue weighted by atomic mass is 32.2. The van der Waals surface area contributed by atoms with E-state index in [4.69, 9.17) is 15.6 Å². The zero-order valence-corrected chi connectivity index (χ0v) is 16.2. The number of nitrogens with zero attached hydrogens (tertiary/aromatic N) is 1. The first-order valence-electron chi connectivity index (χ1n) is 9.18. The molecule has 3 heterocycles. The molecular weight excluding hydrogens is 374 g/mol. The molecule has 1 unspecified atom stereocenters. The Morgan fingerprint density at radius 2 is 2.19 bits per heavy atom. The summed E-state index contributed by atoms with van der Waals surface area (Å²) >= 11 is 1.52. The number of carbonyl (C=O) groups is 2. The van der Waals surface area contributed by atoms with Crippen molar-refractivity contribution in [3.05, 3.63) is 10.8 Å². The molecule has 3 aliphatic rings. The molecule has 152 valence electrons. The Labute approximate surface area is 161 Å². The summed E-state index contributed by atoms with van der Waals surface area (Å²) in [4.78, 5) is 25.7. The Bertz CT molecular complexity index is 642. The zero-order valence-electron chi connectivity index (χ0n) is 15.4. The molecule has 2 fully saturated rings.